The van der Waals surface area contributed by atoms with Crippen molar-refractivity contribution in [3.8, 4) is 17.2 Å². The minimum Gasteiger partial charge on any atom is -0.310 e. The lowest BCUT2D eigenvalue weighted by Gasteiger charge is -2.13. The molecule has 0 aliphatic heterocycles. The summed E-state index contributed by atoms with van der Waals surface area (Å²) in [5.41, 5.74) is 2.97. The van der Waals surface area contributed by atoms with Gasteiger partial charge in [-0.25, -0.2) is 4.39 Å². The van der Waals surface area contributed by atoms with Gasteiger partial charge in [-0.1, -0.05) is 19.9 Å². The molecule has 3 nitrogen and oxygen atoms in total. The van der Waals surface area contributed by atoms with Crippen LogP contribution in [0.4, 0.5) is 4.39 Å². The fourth-order valence-corrected chi connectivity index (χ4v) is 1.93. The van der Waals surface area contributed by atoms with Gasteiger partial charge < -0.3 is 5.32 Å². The molecule has 0 aliphatic rings. The Morgan fingerprint density at radius 3 is 2.80 bits per heavy atom. The molecule has 102 valence electrons. The van der Waals surface area contributed by atoms with Crippen LogP contribution in [0.5, 0.6) is 0 Å². The van der Waals surface area contributed by atoms with E-state index in [4.69, 9.17) is 5.26 Å². The van der Waals surface area contributed by atoms with E-state index in [0.717, 1.165) is 16.7 Å². The van der Waals surface area contributed by atoms with Gasteiger partial charge in [0.05, 0.1) is 5.56 Å². The normalized spacial score (nSPS) is 10.6. The minimum absolute atomic E-state index is 0.296. The fourth-order valence-electron chi connectivity index (χ4n) is 1.93. The van der Waals surface area contributed by atoms with Crippen LogP contribution in [0.1, 0.15) is 25.0 Å². The summed E-state index contributed by atoms with van der Waals surface area (Å²) < 4.78 is 13.5. The largest absolute Gasteiger partial charge is 0.310 e. The first-order valence-corrected chi connectivity index (χ1v) is 6.47. The smallest absolute Gasteiger partial charge is 0.123 e. The van der Waals surface area contributed by atoms with E-state index >= 15 is 0 Å². The van der Waals surface area contributed by atoms with E-state index in [0.29, 0.717) is 18.2 Å². The first kappa shape index (κ1) is 14.2. The average Bonchev–Trinajstić information content (AvgIpc) is 2.46. The molecule has 1 aromatic heterocycles. The Bertz CT molecular complexity index is 644. The Balaban J connectivity index is 2.43. The fraction of sp³-hybridized carbons (Fsp3) is 0.250. The van der Waals surface area contributed by atoms with Gasteiger partial charge in [0.2, 0.25) is 0 Å². The summed E-state index contributed by atoms with van der Waals surface area (Å²) in [7, 11) is 0. The predicted molar refractivity (Wildman–Crippen MR) is 76.3 cm³/mol. The highest BCUT2D eigenvalue weighted by Gasteiger charge is 2.08. The molecule has 1 aromatic carbocycles. The summed E-state index contributed by atoms with van der Waals surface area (Å²) in [6.45, 7) is 4.76. The van der Waals surface area contributed by atoms with Crippen LogP contribution in [0.15, 0.2) is 36.7 Å². The van der Waals surface area contributed by atoms with Crippen LogP contribution in [0.2, 0.25) is 0 Å². The van der Waals surface area contributed by atoms with Crippen molar-refractivity contribution in [2.45, 2.75) is 26.4 Å². The summed E-state index contributed by atoms with van der Waals surface area (Å²) in [5, 5.41) is 12.2. The maximum atomic E-state index is 13.5. The first-order chi connectivity index (χ1) is 9.60. The van der Waals surface area contributed by atoms with Crippen molar-refractivity contribution in [3.63, 3.8) is 0 Å². The SMILES string of the molecule is CC(C)NCc1ccc(F)cc1-c1cncc(C#N)c1. The monoisotopic (exact) mass is 269 g/mol. The van der Waals surface area contributed by atoms with Crippen molar-refractivity contribution in [2.75, 3.05) is 0 Å². The summed E-state index contributed by atoms with van der Waals surface area (Å²) in [6, 6.07) is 8.81. The van der Waals surface area contributed by atoms with Crippen LogP contribution in [0, 0.1) is 17.1 Å². The van der Waals surface area contributed by atoms with Crippen LogP contribution < -0.4 is 5.32 Å². The van der Waals surface area contributed by atoms with Crippen molar-refractivity contribution in [1.29, 1.82) is 5.26 Å². The molecule has 4 heteroatoms. The number of nitrogens with zero attached hydrogens (tertiary/aromatic N) is 2. The van der Waals surface area contributed by atoms with Crippen LogP contribution >= 0.6 is 0 Å². The quantitative estimate of drug-likeness (QED) is 0.926. The van der Waals surface area contributed by atoms with Crippen molar-refractivity contribution in [1.82, 2.24) is 10.3 Å². The Morgan fingerprint density at radius 1 is 1.30 bits per heavy atom. The number of aromatic nitrogens is 1. The average molecular weight is 269 g/mol. The molecule has 1 heterocycles. The van der Waals surface area contributed by atoms with Crippen LogP contribution in [-0.4, -0.2) is 11.0 Å². The Hall–Kier alpha value is -2.25. The van der Waals surface area contributed by atoms with Crippen molar-refractivity contribution in [2.24, 2.45) is 0 Å². The standard InChI is InChI=1S/C16H16FN3/c1-11(2)20-10-13-3-4-15(17)6-16(13)14-5-12(7-18)8-19-9-14/h3-6,8-9,11,20H,10H2,1-2H3. The molecule has 0 fully saturated rings. The highest BCUT2D eigenvalue weighted by molar-refractivity contribution is 5.67. The van der Waals surface area contributed by atoms with Crippen molar-refractivity contribution >= 4 is 0 Å². The second kappa shape index (κ2) is 6.27. The number of hydrogen-bond donors (Lipinski definition) is 1. The second-order valence-electron chi connectivity index (χ2n) is 4.91. The third kappa shape index (κ3) is 3.40. The number of benzene rings is 1. The molecule has 2 rings (SSSR count). The Morgan fingerprint density at radius 2 is 2.10 bits per heavy atom. The van der Waals surface area contributed by atoms with Crippen molar-refractivity contribution < 1.29 is 4.39 Å². The molecular weight excluding hydrogens is 253 g/mol. The van der Waals surface area contributed by atoms with E-state index in [1.54, 1.807) is 18.3 Å². The molecule has 0 saturated carbocycles. The van der Waals surface area contributed by atoms with Gasteiger partial charge in [0, 0.05) is 30.5 Å². The van der Waals surface area contributed by atoms with Crippen molar-refractivity contribution in [3.05, 3.63) is 53.6 Å². The van der Waals surface area contributed by atoms with Crippen LogP contribution in [-0.2, 0) is 6.54 Å². The molecule has 1 N–H and O–H groups in total. The van der Waals surface area contributed by atoms with E-state index in [9.17, 15) is 4.39 Å². The van der Waals surface area contributed by atoms with Gasteiger partial charge in [0.15, 0.2) is 0 Å². The molecule has 2 aromatic rings. The van der Waals surface area contributed by atoms with Gasteiger partial charge >= 0.3 is 0 Å². The number of nitriles is 1. The van der Waals surface area contributed by atoms with Gasteiger partial charge in [-0.2, -0.15) is 5.26 Å². The minimum atomic E-state index is -0.296. The third-order valence-corrected chi connectivity index (χ3v) is 2.95. The lowest BCUT2D eigenvalue weighted by molar-refractivity contribution is 0.587. The number of halogens is 1. The first-order valence-electron chi connectivity index (χ1n) is 6.47. The number of pyridine rings is 1. The molecule has 0 amide bonds. The lowest BCUT2D eigenvalue weighted by atomic mass is 9.99. The van der Waals surface area contributed by atoms with Gasteiger partial charge in [-0.3, -0.25) is 4.98 Å². The molecule has 0 aliphatic carbocycles. The second-order valence-corrected chi connectivity index (χ2v) is 4.91. The number of hydrogen-bond acceptors (Lipinski definition) is 3. The predicted octanol–water partition coefficient (Wildman–Crippen LogP) is 3.26. The van der Waals surface area contributed by atoms with Gasteiger partial charge in [-0.15, -0.1) is 0 Å². The zero-order valence-electron chi connectivity index (χ0n) is 11.5. The Kier molecular flexibility index (Phi) is 4.44. The molecule has 0 atom stereocenters. The van der Waals surface area contributed by atoms with E-state index in [2.05, 4.69) is 24.1 Å². The molecule has 0 unspecified atom stereocenters. The molecule has 0 spiro atoms. The number of rotatable bonds is 4. The van der Waals surface area contributed by atoms with Gasteiger partial charge in [-0.05, 0) is 29.3 Å². The zero-order chi connectivity index (χ0) is 14.5. The van der Waals surface area contributed by atoms with Gasteiger partial charge in [0.1, 0.15) is 11.9 Å². The highest BCUT2D eigenvalue weighted by atomic mass is 19.1. The molecule has 20 heavy (non-hydrogen) atoms. The summed E-state index contributed by atoms with van der Waals surface area (Å²) in [4.78, 5) is 4.03. The lowest BCUT2D eigenvalue weighted by Crippen LogP contribution is -2.22. The zero-order valence-corrected chi connectivity index (χ0v) is 11.5. The van der Waals surface area contributed by atoms with E-state index in [1.165, 1.54) is 18.3 Å². The summed E-state index contributed by atoms with van der Waals surface area (Å²) >= 11 is 0. The molecular formula is C16H16FN3. The third-order valence-electron chi connectivity index (χ3n) is 2.95. The van der Waals surface area contributed by atoms with Crippen LogP contribution in [0.3, 0.4) is 0 Å². The molecule has 0 saturated heterocycles. The Labute approximate surface area is 118 Å². The number of nitrogens with one attached hydrogen (secondary N) is 1. The van der Waals surface area contributed by atoms with E-state index < -0.39 is 0 Å². The van der Waals surface area contributed by atoms with E-state index in [-0.39, 0.29) is 5.82 Å². The van der Waals surface area contributed by atoms with E-state index in [1.807, 2.05) is 6.07 Å². The maximum Gasteiger partial charge on any atom is 0.123 e. The highest BCUT2D eigenvalue weighted by Crippen LogP contribution is 2.25. The topological polar surface area (TPSA) is 48.7 Å². The summed E-state index contributed by atoms with van der Waals surface area (Å²) in [6.07, 6.45) is 3.14. The maximum absolute atomic E-state index is 13.5. The molecule has 0 radical (unpaired) electrons. The van der Waals surface area contributed by atoms with Gasteiger partial charge in [0.25, 0.3) is 0 Å². The summed E-state index contributed by atoms with van der Waals surface area (Å²) in [5.74, 6) is -0.296. The molecule has 0 bridgehead atoms. The van der Waals surface area contributed by atoms with Crippen LogP contribution in [0.25, 0.3) is 11.1 Å².